The molecule has 3 fully saturated rings. The number of nitrogens with zero attached hydrogens (tertiary/aromatic N) is 5. The lowest BCUT2D eigenvalue weighted by molar-refractivity contribution is -0.881. The minimum absolute atomic E-state index is 0.359. The molecule has 398 valence electrons. The van der Waals surface area contributed by atoms with Crippen LogP contribution in [0.4, 0.5) is 26.3 Å². The maximum absolute atomic E-state index is 13.1. The molecule has 0 aliphatic carbocycles. The van der Waals surface area contributed by atoms with Crippen LogP contribution in [0.5, 0.6) is 0 Å². The molecule has 2 N–H and O–H groups in total. The Morgan fingerprint density at radius 3 is 1.27 bits per heavy atom. The highest BCUT2D eigenvalue weighted by Crippen LogP contribution is 2.32. The standard InChI is InChI=1S/C20H21F3N2.2C19H22N2.CHF3O3S/c1-15-4-6-16(7-5-15)18(9-13-25-11-2-3-12-25)19-14-17(8-10-24-19)20(21,22)23;2*1-16-7-9-17(10-8-16)18(19-6-2-3-12-20-19)11-15-21-13-4-5-14-21;2-1(3,4)8(5,6)7/h4-10,14H,2-3,11-13H2,1H3;2*2-3,6-12H,4-5,13-15H2,1H3;(H,5,6,7)/p+1/b18-9+;2*18-11+;. The molecular formula is C59H67F6N6O3S+. The van der Waals surface area contributed by atoms with Gasteiger partial charge in [0.1, 0.15) is 0 Å². The van der Waals surface area contributed by atoms with Crippen LogP contribution in [0.15, 0.2) is 158 Å². The van der Waals surface area contributed by atoms with Crippen LogP contribution in [0.1, 0.15) is 94.6 Å². The first kappa shape index (κ1) is 58.0. The number of nitrogens with one attached hydrogen (secondary N) is 1. The molecule has 0 bridgehead atoms. The number of likely N-dealkylation sites (tertiary alicyclic amines) is 3. The molecule has 16 heteroatoms. The number of rotatable bonds is 12. The number of halogens is 6. The minimum Gasteiger partial charge on any atom is -0.332 e. The van der Waals surface area contributed by atoms with Gasteiger partial charge in [0.25, 0.3) is 0 Å². The van der Waals surface area contributed by atoms with Crippen molar-refractivity contribution in [2.45, 2.75) is 71.0 Å². The third-order valence-electron chi connectivity index (χ3n) is 13.0. The molecule has 3 aromatic heterocycles. The van der Waals surface area contributed by atoms with Crippen molar-refractivity contribution in [2.75, 3.05) is 58.9 Å². The second-order valence-electron chi connectivity index (χ2n) is 18.9. The molecule has 0 spiro atoms. The average Bonchev–Trinajstić information content (AvgIpc) is 4.23. The maximum atomic E-state index is 13.1. The summed E-state index contributed by atoms with van der Waals surface area (Å²) in [5, 5.41) is 0. The summed E-state index contributed by atoms with van der Waals surface area (Å²) in [4.78, 5) is 19.8. The van der Waals surface area contributed by atoms with Crippen LogP contribution in [0.3, 0.4) is 0 Å². The molecule has 6 aromatic rings. The third kappa shape index (κ3) is 18.8. The maximum Gasteiger partial charge on any atom is 0.522 e. The summed E-state index contributed by atoms with van der Waals surface area (Å²) in [5.74, 6) is 0. The zero-order valence-electron chi connectivity index (χ0n) is 42.8. The number of hydrogen-bond acceptors (Lipinski definition) is 7. The highest BCUT2D eigenvalue weighted by atomic mass is 32.2. The van der Waals surface area contributed by atoms with Crippen molar-refractivity contribution in [3.05, 3.63) is 214 Å². The summed E-state index contributed by atoms with van der Waals surface area (Å²) < 4.78 is 96.7. The zero-order valence-corrected chi connectivity index (χ0v) is 43.6. The first-order chi connectivity index (χ1) is 35.8. The van der Waals surface area contributed by atoms with Crippen molar-refractivity contribution in [3.63, 3.8) is 0 Å². The fourth-order valence-electron chi connectivity index (χ4n) is 8.81. The second kappa shape index (κ2) is 28.0. The van der Waals surface area contributed by atoms with Crippen LogP contribution in [0.25, 0.3) is 16.7 Å². The summed E-state index contributed by atoms with van der Waals surface area (Å²) in [6, 6.07) is 39.7. The van der Waals surface area contributed by atoms with Crippen LogP contribution in [-0.4, -0.2) is 102 Å². The van der Waals surface area contributed by atoms with Crippen molar-refractivity contribution in [3.8, 4) is 0 Å². The summed E-state index contributed by atoms with van der Waals surface area (Å²) in [5.41, 5.74) is 6.62. The van der Waals surface area contributed by atoms with E-state index in [-0.39, 0.29) is 0 Å². The fourth-order valence-corrected chi connectivity index (χ4v) is 8.81. The molecule has 0 unspecified atom stereocenters. The molecule has 75 heavy (non-hydrogen) atoms. The van der Waals surface area contributed by atoms with Crippen LogP contribution in [-0.2, 0) is 16.3 Å². The van der Waals surface area contributed by atoms with Gasteiger partial charge in [0.05, 0.1) is 42.3 Å². The Bertz CT molecular complexity index is 2770. The number of aromatic nitrogens is 3. The van der Waals surface area contributed by atoms with Gasteiger partial charge in [-0.05, 0) is 132 Å². The van der Waals surface area contributed by atoms with Crippen molar-refractivity contribution in [2.24, 2.45) is 0 Å². The van der Waals surface area contributed by atoms with E-state index in [0.29, 0.717) is 5.69 Å². The van der Waals surface area contributed by atoms with E-state index in [0.717, 1.165) is 72.9 Å². The quantitative estimate of drug-likeness (QED) is 0.0710. The summed E-state index contributed by atoms with van der Waals surface area (Å²) in [6.07, 6.45) is 15.1. The first-order valence-corrected chi connectivity index (χ1v) is 26.8. The van der Waals surface area contributed by atoms with Crippen molar-refractivity contribution in [1.29, 1.82) is 0 Å². The lowest BCUT2D eigenvalue weighted by Crippen LogP contribution is -3.09. The molecule has 0 radical (unpaired) electrons. The van der Waals surface area contributed by atoms with Gasteiger partial charge in [0.2, 0.25) is 0 Å². The van der Waals surface area contributed by atoms with E-state index in [1.165, 1.54) is 104 Å². The van der Waals surface area contributed by atoms with E-state index in [1.807, 2.05) is 61.8 Å². The molecule has 9 nitrogen and oxygen atoms in total. The number of alkyl halides is 6. The van der Waals surface area contributed by atoms with Gasteiger partial charge < -0.3 is 4.90 Å². The monoisotopic (exact) mass is 1050 g/mol. The van der Waals surface area contributed by atoms with Crippen LogP contribution >= 0.6 is 0 Å². The second-order valence-corrected chi connectivity index (χ2v) is 20.3. The zero-order chi connectivity index (χ0) is 53.9. The minimum atomic E-state index is -5.84. The lowest BCUT2D eigenvalue weighted by Gasteiger charge is -2.15. The topological polar surface area (TPSA) is 104 Å². The third-order valence-corrected chi connectivity index (χ3v) is 13.6. The largest absolute Gasteiger partial charge is 0.522 e. The average molecular weight is 1050 g/mol. The van der Waals surface area contributed by atoms with Crippen molar-refractivity contribution in [1.82, 2.24) is 24.8 Å². The van der Waals surface area contributed by atoms with E-state index in [4.69, 9.17) is 13.0 Å². The Morgan fingerprint density at radius 2 is 0.907 bits per heavy atom. The van der Waals surface area contributed by atoms with E-state index >= 15 is 0 Å². The Morgan fingerprint density at radius 1 is 0.533 bits per heavy atom. The molecule has 0 amide bonds. The van der Waals surface area contributed by atoms with Gasteiger partial charge in [0, 0.05) is 61.2 Å². The van der Waals surface area contributed by atoms with Gasteiger partial charge in [-0.25, -0.2) is 0 Å². The number of benzene rings is 3. The molecule has 6 heterocycles. The predicted molar refractivity (Wildman–Crippen MR) is 286 cm³/mol. The van der Waals surface area contributed by atoms with Crippen LogP contribution in [0.2, 0.25) is 0 Å². The van der Waals surface area contributed by atoms with Crippen molar-refractivity contribution < 1.29 is 44.2 Å². The number of hydrogen-bond donors (Lipinski definition) is 2. The molecule has 3 aliphatic heterocycles. The smallest absolute Gasteiger partial charge is 0.332 e. The predicted octanol–water partition coefficient (Wildman–Crippen LogP) is 11.7. The van der Waals surface area contributed by atoms with E-state index in [9.17, 15) is 26.3 Å². The first-order valence-electron chi connectivity index (χ1n) is 25.3. The van der Waals surface area contributed by atoms with Crippen LogP contribution in [0, 0.1) is 20.8 Å². The summed E-state index contributed by atoms with van der Waals surface area (Å²) in [6.45, 7) is 16.2. The number of aryl methyl sites for hydroxylation is 3. The van der Waals surface area contributed by atoms with E-state index < -0.39 is 27.4 Å². The van der Waals surface area contributed by atoms with Gasteiger partial charge >= 0.3 is 21.8 Å². The van der Waals surface area contributed by atoms with Gasteiger partial charge in [-0.2, -0.15) is 34.8 Å². The number of pyridine rings is 3. The molecule has 3 saturated heterocycles. The molecule has 3 aromatic carbocycles. The Labute approximate surface area is 438 Å². The molecule has 3 aliphatic rings. The van der Waals surface area contributed by atoms with E-state index in [1.54, 1.807) is 4.90 Å². The molecule has 0 saturated carbocycles. The molecular weight excluding hydrogens is 987 g/mol. The highest BCUT2D eigenvalue weighted by molar-refractivity contribution is 7.86. The van der Waals surface area contributed by atoms with Gasteiger partial charge in [-0.3, -0.25) is 29.3 Å². The van der Waals surface area contributed by atoms with Gasteiger partial charge in [0.15, 0.2) is 0 Å². The summed E-state index contributed by atoms with van der Waals surface area (Å²) in [7, 11) is -5.84. The van der Waals surface area contributed by atoms with E-state index in [2.05, 4.69) is 124 Å². The van der Waals surface area contributed by atoms with Crippen LogP contribution < -0.4 is 4.90 Å². The van der Waals surface area contributed by atoms with Gasteiger partial charge in [-0.1, -0.05) is 114 Å². The summed E-state index contributed by atoms with van der Waals surface area (Å²) >= 11 is 0. The normalized spacial score (nSPS) is 16.1. The Hall–Kier alpha value is -6.30. The lowest BCUT2D eigenvalue weighted by atomic mass is 9.99. The molecule has 9 rings (SSSR count). The fraction of sp³-hybridized carbons (Fsp3) is 0.339. The number of quaternary nitrogens is 1. The van der Waals surface area contributed by atoms with Crippen molar-refractivity contribution >= 4 is 26.8 Å². The Balaban J connectivity index is 0.000000171. The molecule has 0 atom stereocenters. The van der Waals surface area contributed by atoms with Gasteiger partial charge in [-0.15, -0.1) is 0 Å². The highest BCUT2D eigenvalue weighted by Gasteiger charge is 2.44. The SMILES string of the molecule is Cc1ccc(/C(=C\CN2CCCC2)c2cc(C(F)(F)F)ccn2)cc1.Cc1ccc(/C(=C\CN2CCCC2)c2ccccn2)cc1.Cc1ccc(/C(=C\C[NH+]2CCCC2)c2ccccn2)cc1.O=S(=O)(O)C(F)(F)F. The Kier molecular flexibility index (Phi) is 21.6.